The molecule has 0 bridgehead atoms. The summed E-state index contributed by atoms with van der Waals surface area (Å²) in [5.74, 6) is -0.0286. The predicted octanol–water partition coefficient (Wildman–Crippen LogP) is 1.50. The molecule has 0 aliphatic carbocycles. The Morgan fingerprint density at radius 1 is 1.45 bits per heavy atom. The van der Waals surface area contributed by atoms with E-state index < -0.39 is 0 Å². The molecule has 0 radical (unpaired) electrons. The second-order valence-electron chi connectivity index (χ2n) is 5.51. The second-order valence-corrected chi connectivity index (χ2v) is 5.51. The Kier molecular flexibility index (Phi) is 5.56. The fourth-order valence-electron chi connectivity index (χ4n) is 2.69. The van der Waals surface area contributed by atoms with E-state index in [4.69, 9.17) is 5.73 Å². The molecule has 1 aromatic carbocycles. The minimum absolute atomic E-state index is 0.0286. The maximum absolute atomic E-state index is 11.7. The summed E-state index contributed by atoms with van der Waals surface area (Å²) < 4.78 is 0. The highest BCUT2D eigenvalue weighted by atomic mass is 16.2. The maximum atomic E-state index is 11.7. The molecule has 1 fully saturated rings. The van der Waals surface area contributed by atoms with Crippen molar-refractivity contribution in [3.05, 3.63) is 35.9 Å². The second kappa shape index (κ2) is 7.41. The fourth-order valence-corrected chi connectivity index (χ4v) is 2.69. The Morgan fingerprint density at radius 2 is 2.20 bits per heavy atom. The lowest BCUT2D eigenvalue weighted by Crippen LogP contribution is -2.45. The SMILES string of the molecule is CC[C@H](N)C(=O)NCC1CCCN1Cc1ccccc1. The lowest BCUT2D eigenvalue weighted by atomic mass is 10.1. The standard InChI is InChI=1S/C16H25N3O/c1-2-15(17)16(20)18-11-14-9-6-10-19(14)12-13-7-4-3-5-8-13/h3-5,7-8,14-15H,2,6,9-12,17H2,1H3,(H,18,20)/t14?,15-/m0/s1. The molecule has 1 unspecified atom stereocenters. The summed E-state index contributed by atoms with van der Waals surface area (Å²) in [6, 6.07) is 10.5. The average molecular weight is 275 g/mol. The quantitative estimate of drug-likeness (QED) is 0.827. The topological polar surface area (TPSA) is 58.4 Å². The van der Waals surface area contributed by atoms with Crippen LogP contribution in [0, 0.1) is 0 Å². The molecule has 1 saturated heterocycles. The first-order valence-corrected chi connectivity index (χ1v) is 7.52. The van der Waals surface area contributed by atoms with E-state index >= 15 is 0 Å². The Morgan fingerprint density at radius 3 is 2.90 bits per heavy atom. The van der Waals surface area contributed by atoms with Crippen molar-refractivity contribution in [2.45, 2.75) is 44.8 Å². The van der Waals surface area contributed by atoms with Gasteiger partial charge in [0.1, 0.15) is 0 Å². The first-order valence-electron chi connectivity index (χ1n) is 7.52. The average Bonchev–Trinajstić information content (AvgIpc) is 2.92. The highest BCUT2D eigenvalue weighted by molar-refractivity contribution is 5.81. The highest BCUT2D eigenvalue weighted by Gasteiger charge is 2.25. The Hall–Kier alpha value is -1.39. The number of rotatable bonds is 6. The van der Waals surface area contributed by atoms with Crippen LogP contribution in [0.2, 0.25) is 0 Å². The molecule has 20 heavy (non-hydrogen) atoms. The molecule has 0 saturated carbocycles. The molecule has 1 aromatic rings. The van der Waals surface area contributed by atoms with Crippen LogP contribution in [0.15, 0.2) is 30.3 Å². The number of hydrogen-bond acceptors (Lipinski definition) is 3. The van der Waals surface area contributed by atoms with Crippen molar-refractivity contribution in [1.29, 1.82) is 0 Å². The van der Waals surface area contributed by atoms with E-state index in [0.717, 1.165) is 19.5 Å². The van der Waals surface area contributed by atoms with Crippen molar-refractivity contribution in [2.24, 2.45) is 5.73 Å². The molecule has 3 N–H and O–H groups in total. The van der Waals surface area contributed by atoms with E-state index in [1.165, 1.54) is 12.0 Å². The summed E-state index contributed by atoms with van der Waals surface area (Å²) in [5, 5.41) is 2.99. The van der Waals surface area contributed by atoms with Crippen molar-refractivity contribution >= 4 is 5.91 Å². The van der Waals surface area contributed by atoms with Crippen molar-refractivity contribution in [2.75, 3.05) is 13.1 Å². The summed E-state index contributed by atoms with van der Waals surface area (Å²) in [5.41, 5.74) is 7.06. The summed E-state index contributed by atoms with van der Waals surface area (Å²) >= 11 is 0. The van der Waals surface area contributed by atoms with Crippen molar-refractivity contribution in [3.63, 3.8) is 0 Å². The monoisotopic (exact) mass is 275 g/mol. The van der Waals surface area contributed by atoms with E-state index in [1.807, 2.05) is 13.0 Å². The Bertz CT molecular complexity index is 421. The van der Waals surface area contributed by atoms with Crippen molar-refractivity contribution in [3.8, 4) is 0 Å². The maximum Gasteiger partial charge on any atom is 0.236 e. The molecule has 1 amide bonds. The molecular formula is C16H25N3O. The first-order chi connectivity index (χ1) is 9.70. The molecule has 1 heterocycles. The molecule has 0 spiro atoms. The van der Waals surface area contributed by atoms with Gasteiger partial charge in [-0.25, -0.2) is 0 Å². The van der Waals surface area contributed by atoms with Crippen molar-refractivity contribution in [1.82, 2.24) is 10.2 Å². The Labute approximate surface area is 121 Å². The third-order valence-electron chi connectivity index (χ3n) is 4.02. The largest absolute Gasteiger partial charge is 0.353 e. The number of carbonyl (C=O) groups is 1. The van der Waals surface area contributed by atoms with Gasteiger partial charge >= 0.3 is 0 Å². The van der Waals surface area contributed by atoms with Crippen LogP contribution in [0.3, 0.4) is 0 Å². The van der Waals surface area contributed by atoms with E-state index in [1.54, 1.807) is 0 Å². The molecular weight excluding hydrogens is 250 g/mol. The van der Waals surface area contributed by atoms with Crippen LogP contribution in [-0.2, 0) is 11.3 Å². The summed E-state index contributed by atoms with van der Waals surface area (Å²) in [4.78, 5) is 14.2. The number of nitrogens with two attached hydrogens (primary N) is 1. The van der Waals surface area contributed by atoms with E-state index in [0.29, 0.717) is 19.0 Å². The van der Waals surface area contributed by atoms with Gasteiger partial charge < -0.3 is 11.1 Å². The van der Waals surface area contributed by atoms with Crippen LogP contribution in [-0.4, -0.2) is 36.0 Å². The van der Waals surface area contributed by atoms with Gasteiger partial charge in [-0.05, 0) is 31.4 Å². The smallest absolute Gasteiger partial charge is 0.236 e. The molecule has 2 atom stereocenters. The number of hydrogen-bond donors (Lipinski definition) is 2. The highest BCUT2D eigenvalue weighted by Crippen LogP contribution is 2.19. The fraction of sp³-hybridized carbons (Fsp3) is 0.562. The van der Waals surface area contributed by atoms with Crippen LogP contribution in [0.1, 0.15) is 31.7 Å². The van der Waals surface area contributed by atoms with Gasteiger partial charge in [-0.3, -0.25) is 9.69 Å². The van der Waals surface area contributed by atoms with E-state index in [-0.39, 0.29) is 11.9 Å². The van der Waals surface area contributed by atoms with E-state index in [2.05, 4.69) is 34.5 Å². The van der Waals surface area contributed by atoms with Gasteiger partial charge in [0.15, 0.2) is 0 Å². The lowest BCUT2D eigenvalue weighted by molar-refractivity contribution is -0.122. The van der Waals surface area contributed by atoms with Crippen LogP contribution in [0.5, 0.6) is 0 Å². The number of nitrogens with zero attached hydrogens (tertiary/aromatic N) is 1. The van der Waals surface area contributed by atoms with Crippen LogP contribution < -0.4 is 11.1 Å². The van der Waals surface area contributed by atoms with Gasteiger partial charge in [0.2, 0.25) is 5.91 Å². The zero-order chi connectivity index (χ0) is 14.4. The Balaban J connectivity index is 1.83. The molecule has 1 aliphatic heterocycles. The normalized spacial score (nSPS) is 20.8. The van der Waals surface area contributed by atoms with Gasteiger partial charge in [-0.2, -0.15) is 0 Å². The number of likely N-dealkylation sites (tertiary alicyclic amines) is 1. The zero-order valence-corrected chi connectivity index (χ0v) is 12.2. The third kappa shape index (κ3) is 4.05. The van der Waals surface area contributed by atoms with Crippen LogP contribution in [0.4, 0.5) is 0 Å². The van der Waals surface area contributed by atoms with Gasteiger partial charge in [-0.1, -0.05) is 37.3 Å². The minimum Gasteiger partial charge on any atom is -0.353 e. The summed E-state index contributed by atoms with van der Waals surface area (Å²) in [6.07, 6.45) is 3.03. The number of carbonyl (C=O) groups excluding carboxylic acids is 1. The predicted molar refractivity (Wildman–Crippen MR) is 81.2 cm³/mol. The first kappa shape index (κ1) is 15.0. The molecule has 110 valence electrons. The van der Waals surface area contributed by atoms with Gasteiger partial charge in [-0.15, -0.1) is 0 Å². The minimum atomic E-state index is -0.376. The number of benzene rings is 1. The van der Waals surface area contributed by atoms with Gasteiger partial charge in [0.25, 0.3) is 0 Å². The number of amides is 1. The van der Waals surface area contributed by atoms with Crippen LogP contribution in [0.25, 0.3) is 0 Å². The molecule has 2 rings (SSSR count). The van der Waals surface area contributed by atoms with Crippen molar-refractivity contribution < 1.29 is 4.79 Å². The lowest BCUT2D eigenvalue weighted by Gasteiger charge is -2.25. The summed E-state index contributed by atoms with van der Waals surface area (Å²) in [7, 11) is 0. The van der Waals surface area contributed by atoms with Gasteiger partial charge in [0, 0.05) is 19.1 Å². The van der Waals surface area contributed by atoms with E-state index in [9.17, 15) is 4.79 Å². The van der Waals surface area contributed by atoms with Gasteiger partial charge in [0.05, 0.1) is 6.04 Å². The van der Waals surface area contributed by atoms with Crippen LogP contribution >= 0.6 is 0 Å². The number of nitrogens with one attached hydrogen (secondary N) is 1. The molecule has 0 aromatic heterocycles. The molecule has 4 nitrogen and oxygen atoms in total. The molecule has 1 aliphatic rings. The third-order valence-corrected chi connectivity index (χ3v) is 4.02. The summed E-state index contributed by atoms with van der Waals surface area (Å²) in [6.45, 7) is 4.71. The zero-order valence-electron chi connectivity index (χ0n) is 12.2. The molecule has 4 heteroatoms.